The first-order chi connectivity index (χ1) is 9.65. The third-order valence-electron chi connectivity index (χ3n) is 2.55. The Morgan fingerprint density at radius 1 is 1.30 bits per heavy atom. The summed E-state index contributed by atoms with van der Waals surface area (Å²) in [4.78, 5) is 0. The number of nitrogens with zero attached hydrogens (tertiary/aromatic N) is 3. The molecular weight excluding hydrogens is 346 g/mol. The zero-order chi connectivity index (χ0) is 14.5. The highest BCUT2D eigenvalue weighted by molar-refractivity contribution is 9.10. The first-order valence-corrected chi connectivity index (χ1v) is 7.43. The summed E-state index contributed by atoms with van der Waals surface area (Å²) in [6.07, 6.45) is 1.29. The Kier molecular flexibility index (Phi) is 5.54. The average Bonchev–Trinajstić information content (AvgIpc) is 2.88. The van der Waals surface area contributed by atoms with Crippen LogP contribution in [0, 0.1) is 0 Å². The lowest BCUT2D eigenvalue weighted by Gasteiger charge is -2.13. The van der Waals surface area contributed by atoms with Crippen molar-refractivity contribution in [2.45, 2.75) is 20.1 Å². The molecule has 1 heterocycles. The minimum Gasteiger partial charge on any atom is -0.347 e. The molecule has 7 heteroatoms. The number of benzene rings is 1. The zero-order valence-electron chi connectivity index (χ0n) is 11.2. The van der Waals surface area contributed by atoms with E-state index in [1.807, 2.05) is 19.9 Å². The Labute approximate surface area is 131 Å². The van der Waals surface area contributed by atoms with Gasteiger partial charge in [-0.05, 0) is 48.0 Å². The van der Waals surface area contributed by atoms with Crippen molar-refractivity contribution in [3.63, 3.8) is 0 Å². The predicted molar refractivity (Wildman–Crippen MR) is 80.1 cm³/mol. The Morgan fingerprint density at radius 3 is 2.60 bits per heavy atom. The first-order valence-electron chi connectivity index (χ1n) is 6.26. The van der Waals surface area contributed by atoms with E-state index in [4.69, 9.17) is 21.1 Å². The van der Waals surface area contributed by atoms with Crippen molar-refractivity contribution in [2.24, 2.45) is 0 Å². The molecule has 2 rings (SSSR count). The second-order valence-corrected chi connectivity index (χ2v) is 5.22. The van der Waals surface area contributed by atoms with Crippen LogP contribution in [0.4, 0.5) is 0 Å². The highest BCUT2D eigenvalue weighted by Crippen LogP contribution is 2.25. The average molecular weight is 361 g/mol. The summed E-state index contributed by atoms with van der Waals surface area (Å²) < 4.78 is 13.5. The topological polar surface area (TPSA) is 49.2 Å². The molecule has 108 valence electrons. The van der Waals surface area contributed by atoms with Gasteiger partial charge >= 0.3 is 0 Å². The summed E-state index contributed by atoms with van der Waals surface area (Å²) in [6.45, 7) is 4.91. The van der Waals surface area contributed by atoms with Crippen molar-refractivity contribution in [3.8, 4) is 5.69 Å². The van der Waals surface area contributed by atoms with Crippen molar-refractivity contribution < 1.29 is 9.47 Å². The number of hydrogen-bond acceptors (Lipinski definition) is 4. The molecule has 0 aliphatic carbocycles. The minimum absolute atomic E-state index is 0.496. The van der Waals surface area contributed by atoms with Gasteiger partial charge in [0.15, 0.2) is 0 Å². The maximum Gasteiger partial charge on any atom is 0.204 e. The maximum atomic E-state index is 5.93. The molecule has 0 bridgehead atoms. The van der Waals surface area contributed by atoms with Crippen LogP contribution in [0.5, 0.6) is 0 Å². The molecular formula is C13H15BrClN3O2. The molecule has 0 radical (unpaired) electrons. The molecule has 0 amide bonds. The molecule has 0 atom stereocenters. The van der Waals surface area contributed by atoms with Crippen LogP contribution in [-0.2, 0) is 9.47 Å². The van der Waals surface area contributed by atoms with Crippen LogP contribution in [0.2, 0.25) is 5.02 Å². The fourth-order valence-electron chi connectivity index (χ4n) is 1.69. The van der Waals surface area contributed by atoms with Crippen LogP contribution in [0.25, 0.3) is 5.69 Å². The van der Waals surface area contributed by atoms with Crippen LogP contribution in [0.1, 0.15) is 25.8 Å². The third kappa shape index (κ3) is 3.58. The third-order valence-corrected chi connectivity index (χ3v) is 3.42. The normalized spacial score (nSPS) is 11.2. The second-order valence-electron chi connectivity index (χ2n) is 3.93. The Balaban J connectivity index is 2.27. The zero-order valence-corrected chi connectivity index (χ0v) is 13.6. The van der Waals surface area contributed by atoms with Crippen molar-refractivity contribution in [1.82, 2.24) is 15.0 Å². The summed E-state index contributed by atoms with van der Waals surface area (Å²) in [5.74, 6) is 0. The highest BCUT2D eigenvalue weighted by atomic mass is 79.9. The molecule has 0 saturated heterocycles. The van der Waals surface area contributed by atoms with Gasteiger partial charge in [0.25, 0.3) is 0 Å². The number of ether oxygens (including phenoxy) is 2. The summed E-state index contributed by atoms with van der Waals surface area (Å²) in [5.41, 5.74) is 1.48. The van der Waals surface area contributed by atoms with Crippen molar-refractivity contribution in [2.75, 3.05) is 13.2 Å². The molecule has 5 nitrogen and oxygen atoms in total. The molecule has 0 aliphatic heterocycles. The molecule has 1 aromatic heterocycles. The fraction of sp³-hybridized carbons (Fsp3) is 0.385. The lowest BCUT2D eigenvalue weighted by atomic mass is 10.3. The largest absolute Gasteiger partial charge is 0.347 e. The molecule has 0 unspecified atom stereocenters. The predicted octanol–water partition coefficient (Wildman–Crippen LogP) is 3.75. The van der Waals surface area contributed by atoms with E-state index in [0.717, 1.165) is 10.2 Å². The Hall–Kier alpha value is -0.950. The molecule has 20 heavy (non-hydrogen) atoms. The van der Waals surface area contributed by atoms with E-state index in [1.165, 1.54) is 0 Å². The Bertz CT molecular complexity index is 570. The van der Waals surface area contributed by atoms with Crippen molar-refractivity contribution >= 4 is 27.5 Å². The quantitative estimate of drug-likeness (QED) is 0.736. The van der Waals surface area contributed by atoms with E-state index in [9.17, 15) is 0 Å². The molecule has 0 fully saturated rings. The molecule has 0 spiro atoms. The van der Waals surface area contributed by atoms with E-state index in [1.54, 1.807) is 23.0 Å². The lowest BCUT2D eigenvalue weighted by Crippen LogP contribution is -2.09. The van der Waals surface area contributed by atoms with E-state index in [0.29, 0.717) is 23.9 Å². The van der Waals surface area contributed by atoms with Gasteiger partial charge in [-0.25, -0.2) is 4.68 Å². The fourth-order valence-corrected chi connectivity index (χ4v) is 2.56. The van der Waals surface area contributed by atoms with Crippen LogP contribution in [-0.4, -0.2) is 28.2 Å². The number of hydrogen-bond donors (Lipinski definition) is 0. The van der Waals surface area contributed by atoms with E-state index < -0.39 is 6.29 Å². The van der Waals surface area contributed by atoms with Gasteiger partial charge in [0.1, 0.15) is 5.69 Å². The summed E-state index contributed by atoms with van der Waals surface area (Å²) in [7, 11) is 0. The van der Waals surface area contributed by atoms with Gasteiger partial charge in [0, 0.05) is 22.7 Å². The molecule has 2 aromatic rings. The van der Waals surface area contributed by atoms with Gasteiger partial charge in [-0.15, -0.1) is 5.10 Å². The summed E-state index contributed by atoms with van der Waals surface area (Å²) in [6, 6.07) is 5.47. The molecule has 1 aromatic carbocycles. The number of aromatic nitrogens is 3. The van der Waals surface area contributed by atoms with Crippen LogP contribution in [0.3, 0.4) is 0 Å². The van der Waals surface area contributed by atoms with Gasteiger partial charge < -0.3 is 9.47 Å². The minimum atomic E-state index is -0.496. The Morgan fingerprint density at radius 2 is 2.00 bits per heavy atom. The monoisotopic (exact) mass is 359 g/mol. The lowest BCUT2D eigenvalue weighted by molar-refractivity contribution is -0.142. The van der Waals surface area contributed by atoms with Crippen LogP contribution >= 0.6 is 27.5 Å². The van der Waals surface area contributed by atoms with Crippen LogP contribution < -0.4 is 0 Å². The van der Waals surface area contributed by atoms with E-state index in [-0.39, 0.29) is 0 Å². The summed E-state index contributed by atoms with van der Waals surface area (Å²) >= 11 is 9.38. The molecule has 0 N–H and O–H groups in total. The van der Waals surface area contributed by atoms with Gasteiger partial charge in [0.2, 0.25) is 6.29 Å². The van der Waals surface area contributed by atoms with Gasteiger partial charge in [-0.1, -0.05) is 16.8 Å². The number of rotatable bonds is 6. The number of halogens is 2. The summed E-state index contributed by atoms with van der Waals surface area (Å²) in [5, 5.41) is 8.85. The highest BCUT2D eigenvalue weighted by Gasteiger charge is 2.16. The van der Waals surface area contributed by atoms with E-state index in [2.05, 4.69) is 26.2 Å². The SMILES string of the molecule is CCOC(OCC)c1cn(-c2ccc(Cl)cc2Br)nn1. The van der Waals surface area contributed by atoms with Crippen LogP contribution in [0.15, 0.2) is 28.9 Å². The molecule has 0 aliphatic rings. The first kappa shape index (κ1) is 15.4. The standard InChI is InChI=1S/C13H15BrClN3O2/c1-3-19-13(20-4-2)11-8-18(17-16-11)12-6-5-9(15)7-10(12)14/h5-8,13H,3-4H2,1-2H3. The molecule has 0 saturated carbocycles. The van der Waals surface area contributed by atoms with Gasteiger partial charge in [-0.2, -0.15) is 0 Å². The maximum absolute atomic E-state index is 5.93. The van der Waals surface area contributed by atoms with Crippen molar-refractivity contribution in [1.29, 1.82) is 0 Å². The van der Waals surface area contributed by atoms with Gasteiger partial charge in [0.05, 0.1) is 11.9 Å². The van der Waals surface area contributed by atoms with Crippen molar-refractivity contribution in [3.05, 3.63) is 39.6 Å². The van der Waals surface area contributed by atoms with E-state index >= 15 is 0 Å². The second kappa shape index (κ2) is 7.17. The van der Waals surface area contributed by atoms with Gasteiger partial charge in [-0.3, -0.25) is 0 Å². The smallest absolute Gasteiger partial charge is 0.204 e.